The van der Waals surface area contributed by atoms with E-state index in [0.717, 1.165) is 16.9 Å². The minimum atomic E-state index is -0.250. The summed E-state index contributed by atoms with van der Waals surface area (Å²) in [4.78, 5) is 0. The lowest BCUT2D eigenvalue weighted by Gasteiger charge is -2.17. The lowest BCUT2D eigenvalue weighted by atomic mass is 10.1. The molecule has 1 atom stereocenters. The Hall–Kier alpha value is -2.36. The van der Waals surface area contributed by atoms with Crippen LogP contribution < -0.4 is 10.1 Å². The van der Waals surface area contributed by atoms with Gasteiger partial charge in [-0.3, -0.25) is 0 Å². The van der Waals surface area contributed by atoms with E-state index in [1.165, 1.54) is 17.7 Å². The molecule has 0 aromatic heterocycles. The van der Waals surface area contributed by atoms with Crippen LogP contribution in [0.4, 0.5) is 4.39 Å². The van der Waals surface area contributed by atoms with E-state index in [-0.39, 0.29) is 11.9 Å². The lowest BCUT2D eigenvalue weighted by molar-refractivity contribution is 0.301. The predicted molar refractivity (Wildman–Crippen MR) is 104 cm³/mol. The predicted octanol–water partition coefficient (Wildman–Crippen LogP) is 5.91. The summed E-state index contributed by atoms with van der Waals surface area (Å²) >= 11 is 6.16. The summed E-state index contributed by atoms with van der Waals surface area (Å²) in [5.41, 5.74) is 3.13. The third-order valence-corrected chi connectivity index (χ3v) is 4.46. The molecule has 3 rings (SSSR count). The van der Waals surface area contributed by atoms with Crippen molar-refractivity contribution in [2.24, 2.45) is 0 Å². The van der Waals surface area contributed by atoms with Gasteiger partial charge in [-0.05, 0) is 48.4 Å². The Morgan fingerprint density at radius 1 is 1.00 bits per heavy atom. The Kier molecular flexibility index (Phi) is 6.26. The molecule has 0 amide bonds. The molecule has 4 heteroatoms. The third kappa shape index (κ3) is 5.07. The van der Waals surface area contributed by atoms with Gasteiger partial charge < -0.3 is 10.1 Å². The van der Waals surface area contributed by atoms with E-state index in [0.29, 0.717) is 18.2 Å². The number of hydrogen-bond acceptors (Lipinski definition) is 2. The molecule has 0 spiro atoms. The smallest absolute Gasteiger partial charge is 0.124 e. The first kappa shape index (κ1) is 18.4. The van der Waals surface area contributed by atoms with Crippen molar-refractivity contribution in [3.8, 4) is 5.75 Å². The molecule has 2 nitrogen and oxygen atoms in total. The first-order valence-corrected chi connectivity index (χ1v) is 8.93. The first-order chi connectivity index (χ1) is 12.6. The van der Waals surface area contributed by atoms with Crippen molar-refractivity contribution in [1.29, 1.82) is 0 Å². The molecule has 1 N–H and O–H groups in total. The van der Waals surface area contributed by atoms with E-state index in [2.05, 4.69) is 24.4 Å². The van der Waals surface area contributed by atoms with Gasteiger partial charge in [-0.2, -0.15) is 0 Å². The monoisotopic (exact) mass is 369 g/mol. The van der Waals surface area contributed by atoms with Gasteiger partial charge in [0.2, 0.25) is 0 Å². The van der Waals surface area contributed by atoms with Crippen LogP contribution in [0.1, 0.15) is 29.7 Å². The lowest BCUT2D eigenvalue weighted by Crippen LogP contribution is -2.18. The Bertz CT molecular complexity index is 837. The minimum Gasteiger partial charge on any atom is -0.489 e. The van der Waals surface area contributed by atoms with E-state index in [9.17, 15) is 4.39 Å². The second kappa shape index (κ2) is 8.84. The summed E-state index contributed by atoms with van der Waals surface area (Å²) in [5.74, 6) is 0.520. The summed E-state index contributed by atoms with van der Waals surface area (Å²) in [7, 11) is 0. The molecule has 0 saturated heterocycles. The molecule has 0 bridgehead atoms. The standard InChI is InChI=1S/C22H21ClFNO/c1-16(18-5-3-2-4-6-18)25-14-19-13-20(23)9-12-22(19)26-15-17-7-10-21(24)11-8-17/h2-13,16,25H,14-15H2,1H3. The quantitative estimate of drug-likeness (QED) is 0.559. The molecule has 1 unspecified atom stereocenters. The van der Waals surface area contributed by atoms with E-state index in [4.69, 9.17) is 16.3 Å². The van der Waals surface area contributed by atoms with Crippen molar-refractivity contribution >= 4 is 11.6 Å². The number of hydrogen-bond donors (Lipinski definition) is 1. The highest BCUT2D eigenvalue weighted by atomic mass is 35.5. The number of ether oxygens (including phenoxy) is 1. The molecule has 3 aromatic carbocycles. The van der Waals surface area contributed by atoms with Gasteiger partial charge in [0.05, 0.1) is 0 Å². The van der Waals surface area contributed by atoms with Crippen molar-refractivity contribution in [2.45, 2.75) is 26.1 Å². The van der Waals surface area contributed by atoms with E-state index >= 15 is 0 Å². The maximum absolute atomic E-state index is 13.0. The molecule has 0 aliphatic heterocycles. The molecule has 134 valence electrons. The summed E-state index contributed by atoms with van der Waals surface area (Å²) < 4.78 is 18.9. The summed E-state index contributed by atoms with van der Waals surface area (Å²) in [6, 6.07) is 22.4. The topological polar surface area (TPSA) is 21.3 Å². The maximum atomic E-state index is 13.0. The molecule has 3 aromatic rings. The van der Waals surface area contributed by atoms with Crippen LogP contribution in [0.25, 0.3) is 0 Å². The Balaban J connectivity index is 1.66. The van der Waals surface area contributed by atoms with Crippen LogP contribution in [-0.2, 0) is 13.2 Å². The van der Waals surface area contributed by atoms with Crippen LogP contribution in [-0.4, -0.2) is 0 Å². The second-order valence-electron chi connectivity index (χ2n) is 6.18. The third-order valence-electron chi connectivity index (χ3n) is 4.23. The SMILES string of the molecule is CC(NCc1cc(Cl)ccc1OCc1ccc(F)cc1)c1ccccc1. The van der Waals surface area contributed by atoms with Crippen molar-refractivity contribution in [3.63, 3.8) is 0 Å². The fourth-order valence-electron chi connectivity index (χ4n) is 2.69. The van der Waals surface area contributed by atoms with Crippen molar-refractivity contribution in [1.82, 2.24) is 5.32 Å². The Morgan fingerprint density at radius 3 is 2.46 bits per heavy atom. The van der Waals surface area contributed by atoms with Gasteiger partial charge in [0.15, 0.2) is 0 Å². The molecule has 0 saturated carbocycles. The van der Waals surface area contributed by atoms with E-state index < -0.39 is 0 Å². The van der Waals surface area contributed by atoms with Crippen molar-refractivity contribution in [3.05, 3.63) is 100 Å². The van der Waals surface area contributed by atoms with Crippen LogP contribution in [0, 0.1) is 5.82 Å². The van der Waals surface area contributed by atoms with Crippen LogP contribution in [0.5, 0.6) is 5.75 Å². The largest absolute Gasteiger partial charge is 0.489 e. The fourth-order valence-corrected chi connectivity index (χ4v) is 2.89. The van der Waals surface area contributed by atoms with Crippen molar-refractivity contribution < 1.29 is 9.13 Å². The molecule has 26 heavy (non-hydrogen) atoms. The number of rotatable bonds is 7. The number of benzene rings is 3. The van der Waals surface area contributed by atoms with Crippen LogP contribution in [0.15, 0.2) is 72.8 Å². The van der Waals surface area contributed by atoms with Gasteiger partial charge in [0, 0.05) is 23.2 Å². The van der Waals surface area contributed by atoms with Gasteiger partial charge in [-0.15, -0.1) is 0 Å². The number of nitrogens with one attached hydrogen (secondary N) is 1. The van der Waals surface area contributed by atoms with Crippen LogP contribution >= 0.6 is 11.6 Å². The highest BCUT2D eigenvalue weighted by Gasteiger charge is 2.09. The average molecular weight is 370 g/mol. The average Bonchev–Trinajstić information content (AvgIpc) is 2.67. The van der Waals surface area contributed by atoms with E-state index in [1.54, 1.807) is 12.1 Å². The van der Waals surface area contributed by atoms with Gasteiger partial charge in [0.1, 0.15) is 18.2 Å². The van der Waals surface area contributed by atoms with Gasteiger partial charge >= 0.3 is 0 Å². The maximum Gasteiger partial charge on any atom is 0.124 e. The molecule has 0 heterocycles. The van der Waals surface area contributed by atoms with Crippen molar-refractivity contribution in [2.75, 3.05) is 0 Å². The van der Waals surface area contributed by atoms with Crippen LogP contribution in [0.2, 0.25) is 5.02 Å². The number of halogens is 2. The van der Waals surface area contributed by atoms with Gasteiger partial charge in [-0.1, -0.05) is 54.1 Å². The molecule has 0 fully saturated rings. The molecule has 0 aliphatic rings. The molecular weight excluding hydrogens is 349 g/mol. The van der Waals surface area contributed by atoms with Crippen LogP contribution in [0.3, 0.4) is 0 Å². The zero-order valence-corrected chi connectivity index (χ0v) is 15.3. The molecule has 0 radical (unpaired) electrons. The Labute approximate surface area is 158 Å². The zero-order chi connectivity index (χ0) is 18.4. The van der Waals surface area contributed by atoms with Gasteiger partial charge in [-0.25, -0.2) is 4.39 Å². The Morgan fingerprint density at radius 2 is 1.73 bits per heavy atom. The molecular formula is C22H21ClFNO. The van der Waals surface area contributed by atoms with Gasteiger partial charge in [0.25, 0.3) is 0 Å². The first-order valence-electron chi connectivity index (χ1n) is 8.56. The second-order valence-corrected chi connectivity index (χ2v) is 6.62. The minimum absolute atomic E-state index is 0.208. The molecule has 0 aliphatic carbocycles. The zero-order valence-electron chi connectivity index (χ0n) is 14.6. The highest BCUT2D eigenvalue weighted by Crippen LogP contribution is 2.25. The summed E-state index contributed by atoms with van der Waals surface area (Å²) in [6.07, 6.45) is 0. The highest BCUT2D eigenvalue weighted by molar-refractivity contribution is 6.30. The normalized spacial score (nSPS) is 12.0. The fraction of sp³-hybridized carbons (Fsp3) is 0.182. The van der Waals surface area contributed by atoms with E-state index in [1.807, 2.05) is 36.4 Å². The summed E-state index contributed by atoms with van der Waals surface area (Å²) in [6.45, 7) is 3.14. The summed E-state index contributed by atoms with van der Waals surface area (Å²) in [5, 5.41) is 4.17.